The molecule has 1 fully saturated rings. The molecule has 0 radical (unpaired) electrons. The molecule has 1 amide bonds. The van der Waals surface area contributed by atoms with Crippen LogP contribution in [0.25, 0.3) is 0 Å². The first kappa shape index (κ1) is 9.68. The monoisotopic (exact) mass is 210 g/mol. The maximum absolute atomic E-state index is 11.8. The molecule has 1 aromatic heterocycles. The van der Waals surface area contributed by atoms with Gasteiger partial charge in [-0.15, -0.1) is 11.3 Å². The predicted octanol–water partition coefficient (Wildman–Crippen LogP) is 1.55. The molecule has 0 aromatic carbocycles. The largest absolute Gasteiger partial charge is 0.293 e. The second kappa shape index (κ2) is 3.71. The van der Waals surface area contributed by atoms with Crippen molar-refractivity contribution in [3.05, 3.63) is 22.4 Å². The number of nitrogens with two attached hydrogens (primary N) is 1. The molecule has 3 nitrogen and oxygen atoms in total. The van der Waals surface area contributed by atoms with Gasteiger partial charge in [-0.05, 0) is 24.3 Å². The Morgan fingerprint density at radius 3 is 2.71 bits per heavy atom. The zero-order valence-electron chi connectivity index (χ0n) is 7.95. The fourth-order valence-corrected chi connectivity index (χ4v) is 3.24. The topological polar surface area (TPSA) is 55.1 Å². The first-order chi connectivity index (χ1) is 6.79. The minimum absolute atomic E-state index is 0.0301. The lowest BCUT2D eigenvalue weighted by atomic mass is 9.84. The fourth-order valence-electron chi connectivity index (χ4n) is 2.25. The highest BCUT2D eigenvalue weighted by molar-refractivity contribution is 7.10. The third kappa shape index (κ3) is 1.35. The van der Waals surface area contributed by atoms with E-state index in [4.69, 9.17) is 5.84 Å². The van der Waals surface area contributed by atoms with Crippen LogP contribution in [0.15, 0.2) is 17.5 Å². The maximum atomic E-state index is 11.8. The lowest BCUT2D eigenvalue weighted by Crippen LogP contribution is -2.45. The Kier molecular flexibility index (Phi) is 2.56. The number of carbonyl (C=O) groups excluding carboxylic acids is 1. The van der Waals surface area contributed by atoms with Crippen molar-refractivity contribution in [2.75, 3.05) is 0 Å². The molecule has 1 aromatic rings. The van der Waals surface area contributed by atoms with Gasteiger partial charge < -0.3 is 0 Å². The van der Waals surface area contributed by atoms with Crippen LogP contribution >= 0.6 is 11.3 Å². The Hall–Kier alpha value is -0.870. The Morgan fingerprint density at radius 1 is 1.50 bits per heavy atom. The van der Waals surface area contributed by atoms with Crippen molar-refractivity contribution in [3.63, 3.8) is 0 Å². The fraction of sp³-hybridized carbons (Fsp3) is 0.500. The van der Waals surface area contributed by atoms with Crippen LogP contribution < -0.4 is 11.3 Å². The van der Waals surface area contributed by atoms with Crippen molar-refractivity contribution in [2.45, 2.75) is 31.1 Å². The summed E-state index contributed by atoms with van der Waals surface area (Å²) in [4.78, 5) is 13.0. The van der Waals surface area contributed by atoms with E-state index >= 15 is 0 Å². The number of rotatable bonds is 2. The number of hydrogen-bond donors (Lipinski definition) is 2. The van der Waals surface area contributed by atoms with Crippen LogP contribution in [-0.4, -0.2) is 5.91 Å². The zero-order chi connectivity index (χ0) is 10.0. The molecular formula is C10H14N2OS. The first-order valence-electron chi connectivity index (χ1n) is 4.85. The molecule has 1 aliphatic rings. The number of hydrazine groups is 1. The molecule has 0 aliphatic heterocycles. The van der Waals surface area contributed by atoms with Gasteiger partial charge in [0.15, 0.2) is 0 Å². The summed E-state index contributed by atoms with van der Waals surface area (Å²) in [7, 11) is 0. The van der Waals surface area contributed by atoms with Gasteiger partial charge in [-0.25, -0.2) is 5.84 Å². The Balaban J connectivity index is 2.36. The van der Waals surface area contributed by atoms with Crippen LogP contribution in [0.5, 0.6) is 0 Å². The summed E-state index contributed by atoms with van der Waals surface area (Å²) < 4.78 is 0. The van der Waals surface area contributed by atoms with Gasteiger partial charge in [0.1, 0.15) is 0 Å². The highest BCUT2D eigenvalue weighted by Gasteiger charge is 2.43. The minimum Gasteiger partial charge on any atom is -0.293 e. The average molecular weight is 210 g/mol. The molecule has 0 saturated heterocycles. The van der Waals surface area contributed by atoms with E-state index in [0.717, 1.165) is 30.6 Å². The molecule has 4 heteroatoms. The van der Waals surface area contributed by atoms with E-state index < -0.39 is 0 Å². The summed E-state index contributed by atoms with van der Waals surface area (Å²) in [5, 5.41) is 2.01. The number of nitrogens with one attached hydrogen (secondary N) is 1. The van der Waals surface area contributed by atoms with Crippen molar-refractivity contribution in [1.29, 1.82) is 0 Å². The molecule has 1 aliphatic carbocycles. The van der Waals surface area contributed by atoms with Gasteiger partial charge in [0.05, 0.1) is 5.41 Å². The van der Waals surface area contributed by atoms with Crippen LogP contribution in [0.3, 0.4) is 0 Å². The van der Waals surface area contributed by atoms with E-state index in [1.54, 1.807) is 11.3 Å². The molecule has 0 bridgehead atoms. The van der Waals surface area contributed by atoms with E-state index in [1.807, 2.05) is 17.5 Å². The van der Waals surface area contributed by atoms with Gasteiger partial charge >= 0.3 is 0 Å². The molecule has 14 heavy (non-hydrogen) atoms. The zero-order valence-corrected chi connectivity index (χ0v) is 8.77. The molecule has 0 unspecified atom stereocenters. The predicted molar refractivity (Wildman–Crippen MR) is 56.8 cm³/mol. The number of amides is 1. The van der Waals surface area contributed by atoms with Gasteiger partial charge in [0, 0.05) is 4.88 Å². The van der Waals surface area contributed by atoms with E-state index in [1.165, 1.54) is 0 Å². The summed E-state index contributed by atoms with van der Waals surface area (Å²) in [5.74, 6) is 5.22. The van der Waals surface area contributed by atoms with Crippen molar-refractivity contribution < 1.29 is 4.79 Å². The molecule has 1 saturated carbocycles. The highest BCUT2D eigenvalue weighted by Crippen LogP contribution is 2.43. The number of carbonyl (C=O) groups is 1. The third-order valence-corrected chi connectivity index (χ3v) is 4.09. The molecule has 76 valence electrons. The van der Waals surface area contributed by atoms with Crippen molar-refractivity contribution in [3.8, 4) is 0 Å². The summed E-state index contributed by atoms with van der Waals surface area (Å²) >= 11 is 1.65. The van der Waals surface area contributed by atoms with E-state index in [-0.39, 0.29) is 11.3 Å². The second-order valence-electron chi connectivity index (χ2n) is 3.74. The van der Waals surface area contributed by atoms with Crippen LogP contribution in [0.2, 0.25) is 0 Å². The normalized spacial score (nSPS) is 19.5. The van der Waals surface area contributed by atoms with Crippen LogP contribution in [0.4, 0.5) is 0 Å². The lowest BCUT2D eigenvalue weighted by Gasteiger charge is -2.25. The lowest BCUT2D eigenvalue weighted by molar-refractivity contribution is -0.126. The SMILES string of the molecule is NNC(=O)C1(c2cccs2)CCCC1. The van der Waals surface area contributed by atoms with Gasteiger partial charge in [-0.3, -0.25) is 10.2 Å². The van der Waals surface area contributed by atoms with Gasteiger partial charge in [0.25, 0.3) is 0 Å². The molecular weight excluding hydrogens is 196 g/mol. The minimum atomic E-state index is -0.330. The Morgan fingerprint density at radius 2 is 2.21 bits per heavy atom. The summed E-state index contributed by atoms with van der Waals surface area (Å²) in [6, 6.07) is 4.02. The summed E-state index contributed by atoms with van der Waals surface area (Å²) in [6.45, 7) is 0. The van der Waals surface area contributed by atoms with Gasteiger partial charge in [-0.1, -0.05) is 18.9 Å². The molecule has 3 N–H and O–H groups in total. The quantitative estimate of drug-likeness (QED) is 0.442. The highest BCUT2D eigenvalue weighted by atomic mass is 32.1. The molecule has 0 spiro atoms. The molecule has 0 atom stereocenters. The standard InChI is InChI=1S/C10H14N2OS/c11-12-9(13)10(5-1-2-6-10)8-4-3-7-14-8/h3-4,7H,1-2,5-6,11H2,(H,12,13). The van der Waals surface area contributed by atoms with Crippen molar-refractivity contribution in [1.82, 2.24) is 5.43 Å². The number of hydrogen-bond acceptors (Lipinski definition) is 3. The van der Waals surface area contributed by atoms with E-state index in [0.29, 0.717) is 0 Å². The third-order valence-electron chi connectivity index (χ3n) is 3.02. The summed E-state index contributed by atoms with van der Waals surface area (Å²) in [5.41, 5.74) is 1.97. The van der Waals surface area contributed by atoms with Gasteiger partial charge in [0.2, 0.25) is 5.91 Å². The van der Waals surface area contributed by atoms with Crippen LogP contribution in [0.1, 0.15) is 30.6 Å². The molecule has 1 heterocycles. The number of thiophene rings is 1. The smallest absolute Gasteiger partial charge is 0.245 e. The van der Waals surface area contributed by atoms with Crippen LogP contribution in [-0.2, 0) is 10.2 Å². The van der Waals surface area contributed by atoms with E-state index in [9.17, 15) is 4.79 Å². The first-order valence-corrected chi connectivity index (χ1v) is 5.72. The Labute approximate surface area is 87.3 Å². The Bertz CT molecular complexity index is 315. The van der Waals surface area contributed by atoms with Crippen molar-refractivity contribution >= 4 is 17.2 Å². The van der Waals surface area contributed by atoms with Gasteiger partial charge in [-0.2, -0.15) is 0 Å². The van der Waals surface area contributed by atoms with E-state index in [2.05, 4.69) is 5.43 Å². The summed E-state index contributed by atoms with van der Waals surface area (Å²) in [6.07, 6.45) is 4.09. The van der Waals surface area contributed by atoms with Crippen LogP contribution in [0, 0.1) is 0 Å². The maximum Gasteiger partial charge on any atom is 0.245 e. The molecule has 2 rings (SSSR count). The van der Waals surface area contributed by atoms with Crippen molar-refractivity contribution in [2.24, 2.45) is 5.84 Å². The second-order valence-corrected chi connectivity index (χ2v) is 4.69. The average Bonchev–Trinajstić information content (AvgIpc) is 2.86.